The maximum Gasteiger partial charge on any atom is 0.214 e. The van der Waals surface area contributed by atoms with Crippen molar-refractivity contribution in [3.63, 3.8) is 0 Å². The van der Waals surface area contributed by atoms with Gasteiger partial charge in [0.15, 0.2) is 0 Å². The molecule has 1 aliphatic carbocycles. The zero-order valence-electron chi connectivity index (χ0n) is 24.8. The van der Waals surface area contributed by atoms with E-state index in [-0.39, 0.29) is 30.1 Å². The Hall–Kier alpha value is -3.49. The number of pyridine rings is 1. The number of primary amides is 1. The van der Waals surface area contributed by atoms with E-state index in [9.17, 15) is 5.11 Å². The highest BCUT2D eigenvalue weighted by molar-refractivity contribution is 7.99. The lowest BCUT2D eigenvalue weighted by molar-refractivity contribution is -0.106. The van der Waals surface area contributed by atoms with Gasteiger partial charge in [0.05, 0.1) is 47.3 Å². The molecule has 2 aliphatic heterocycles. The van der Waals surface area contributed by atoms with Crippen LogP contribution < -0.4 is 26.2 Å². The number of amidine groups is 1. The van der Waals surface area contributed by atoms with Crippen LogP contribution in [0.2, 0.25) is 0 Å². The molecular formula is C30H41N7O5S. The number of aliphatic hydroxyl groups is 2. The number of hydrogen-bond donors (Lipinski definition) is 5. The molecule has 1 amide bonds. The van der Waals surface area contributed by atoms with Gasteiger partial charge in [-0.3, -0.25) is 20.1 Å². The minimum absolute atomic E-state index is 0.0448. The summed E-state index contributed by atoms with van der Waals surface area (Å²) in [6.07, 6.45) is 4.26. The summed E-state index contributed by atoms with van der Waals surface area (Å²) in [6.45, 7) is 10.8. The summed E-state index contributed by atoms with van der Waals surface area (Å²) in [6, 6.07) is 11.8. The predicted molar refractivity (Wildman–Crippen MR) is 169 cm³/mol. The summed E-state index contributed by atoms with van der Waals surface area (Å²) in [5.41, 5.74) is 10.6. The van der Waals surface area contributed by atoms with Crippen molar-refractivity contribution in [1.29, 1.82) is 0 Å². The van der Waals surface area contributed by atoms with E-state index in [1.165, 1.54) is 0 Å². The van der Waals surface area contributed by atoms with Gasteiger partial charge in [-0.05, 0) is 43.2 Å². The number of hydroxylamine groups is 1. The molecule has 1 saturated carbocycles. The molecule has 1 saturated heterocycles. The van der Waals surface area contributed by atoms with Crippen molar-refractivity contribution < 1.29 is 24.6 Å². The molecule has 232 valence electrons. The number of carbonyl (C=O) groups is 1. The number of hydrogen-bond acceptors (Lipinski definition) is 11. The highest BCUT2D eigenvalue weighted by Crippen LogP contribution is 2.40. The number of aliphatic hydroxyl groups excluding tert-OH is 2. The Kier molecular flexibility index (Phi) is 10.8. The predicted octanol–water partition coefficient (Wildman–Crippen LogP) is 2.98. The van der Waals surface area contributed by atoms with E-state index in [1.807, 2.05) is 42.6 Å². The lowest BCUT2D eigenvalue weighted by Crippen LogP contribution is -2.42. The number of fused-ring (bicyclic) bond motifs is 1. The van der Waals surface area contributed by atoms with Crippen molar-refractivity contribution in [3.05, 3.63) is 48.2 Å². The molecule has 5 rings (SSSR count). The first-order valence-corrected chi connectivity index (χ1v) is 15.1. The number of rotatable bonds is 11. The van der Waals surface area contributed by atoms with Gasteiger partial charge in [-0.2, -0.15) is 0 Å². The number of anilines is 1. The molecule has 13 heteroatoms. The van der Waals surface area contributed by atoms with Crippen LogP contribution in [-0.4, -0.2) is 77.5 Å². The molecule has 2 aromatic rings. The van der Waals surface area contributed by atoms with Gasteiger partial charge >= 0.3 is 0 Å². The molecule has 1 aromatic heterocycles. The van der Waals surface area contributed by atoms with Crippen molar-refractivity contribution in [1.82, 2.24) is 15.8 Å². The fraction of sp³-hybridized carbons (Fsp3) is 0.467. The monoisotopic (exact) mass is 611 g/mol. The molecule has 1 aromatic carbocycles. The minimum atomic E-state index is -0.765. The third-order valence-electron chi connectivity index (χ3n) is 7.28. The van der Waals surface area contributed by atoms with E-state index >= 15 is 0 Å². The highest BCUT2D eigenvalue weighted by atomic mass is 32.2. The van der Waals surface area contributed by atoms with Crippen LogP contribution in [0.15, 0.2) is 57.6 Å². The molecule has 0 radical (unpaired) electrons. The first-order valence-electron chi connectivity index (χ1n) is 14.1. The van der Waals surface area contributed by atoms with E-state index in [4.69, 9.17) is 29.5 Å². The fourth-order valence-corrected chi connectivity index (χ4v) is 5.39. The number of nitrogens with two attached hydrogens (primary N) is 1. The second-order valence-electron chi connectivity index (χ2n) is 11.7. The Morgan fingerprint density at radius 2 is 2.07 bits per heavy atom. The molecule has 3 heterocycles. The summed E-state index contributed by atoms with van der Waals surface area (Å²) in [7, 11) is 0. The number of aliphatic imine (C=N–C) groups is 2. The van der Waals surface area contributed by atoms with Crippen molar-refractivity contribution in [2.45, 2.75) is 62.8 Å². The molecule has 3 aliphatic rings. The van der Waals surface area contributed by atoms with Crippen molar-refractivity contribution in [2.24, 2.45) is 21.1 Å². The largest absolute Gasteiger partial charge is 0.476 e. The number of nitrogens with zero attached hydrogens (tertiary/aromatic N) is 4. The molecule has 2 fully saturated rings. The average Bonchev–Trinajstić information content (AvgIpc) is 3.40. The molecule has 12 nitrogen and oxygen atoms in total. The Labute approximate surface area is 256 Å². The number of aromatic nitrogens is 1. The average molecular weight is 612 g/mol. The molecule has 0 bridgehead atoms. The fourth-order valence-electron chi connectivity index (χ4n) is 4.43. The third kappa shape index (κ3) is 8.77. The van der Waals surface area contributed by atoms with Crippen LogP contribution in [0.3, 0.4) is 0 Å². The highest BCUT2D eigenvalue weighted by Gasteiger charge is 2.43. The maximum absolute atomic E-state index is 9.61. The topological polar surface area (TPSA) is 167 Å². The van der Waals surface area contributed by atoms with Gasteiger partial charge in [0.2, 0.25) is 12.3 Å². The number of benzene rings is 1. The summed E-state index contributed by atoms with van der Waals surface area (Å²) in [5, 5.41) is 22.8. The van der Waals surface area contributed by atoms with Gasteiger partial charge in [0.1, 0.15) is 17.5 Å². The summed E-state index contributed by atoms with van der Waals surface area (Å²) >= 11 is 1.64. The number of amides is 1. The summed E-state index contributed by atoms with van der Waals surface area (Å²) < 4.78 is 6.00. The third-order valence-corrected chi connectivity index (χ3v) is 8.26. The van der Waals surface area contributed by atoms with E-state index < -0.39 is 6.10 Å². The summed E-state index contributed by atoms with van der Waals surface area (Å²) in [4.78, 5) is 30.1. The van der Waals surface area contributed by atoms with Crippen LogP contribution in [-0.2, 0) is 9.63 Å². The van der Waals surface area contributed by atoms with Gasteiger partial charge in [-0.1, -0.05) is 44.7 Å². The Balaban J connectivity index is 0.00000135. The number of carbonyl (C=O) groups excluding carboxylic acids is 1. The second-order valence-corrected chi connectivity index (χ2v) is 12.6. The molecule has 6 N–H and O–H groups in total. The van der Waals surface area contributed by atoms with Crippen molar-refractivity contribution in [2.75, 3.05) is 30.5 Å². The van der Waals surface area contributed by atoms with E-state index in [0.717, 1.165) is 52.8 Å². The van der Waals surface area contributed by atoms with Crippen LogP contribution in [0.25, 0.3) is 5.70 Å². The lowest BCUT2D eigenvalue weighted by atomic mass is 9.87. The van der Waals surface area contributed by atoms with Crippen LogP contribution in [0.1, 0.15) is 45.6 Å². The number of nitrogens with one attached hydrogen (secondary N) is 2. The Bertz CT molecular complexity index is 1330. The molecule has 43 heavy (non-hydrogen) atoms. The van der Waals surface area contributed by atoms with Gasteiger partial charge in [-0.15, -0.1) is 0 Å². The summed E-state index contributed by atoms with van der Waals surface area (Å²) in [5.74, 6) is 2.11. The van der Waals surface area contributed by atoms with Crippen LogP contribution >= 0.6 is 11.8 Å². The van der Waals surface area contributed by atoms with E-state index in [0.29, 0.717) is 24.9 Å². The zero-order chi connectivity index (χ0) is 31.0. The van der Waals surface area contributed by atoms with Crippen molar-refractivity contribution >= 4 is 47.8 Å². The number of ether oxygens (including phenoxy) is 1. The normalized spacial score (nSPS) is 20.5. The standard InChI is InChI=1S/C29H38N6O4S.CH3NO/c1-28(2,3)24-13-25(34-39-24)32-20-7-5-19(6-8-20)22(30-4)15-35-18-40-27-23(35)9-10-26(33-27)38-17-29(11-12-29)31-14-21(37)16-36;2-1-3/h5-10,15,21,24,31,36-37H,4,11-14,16-18H2,1-3H3,(H,32,34);1H,(H2,2,3)/b22-15-;. The maximum atomic E-state index is 9.61. The zero-order valence-corrected chi connectivity index (χ0v) is 25.6. The smallest absolute Gasteiger partial charge is 0.214 e. The molecule has 2 unspecified atom stereocenters. The van der Waals surface area contributed by atoms with Gasteiger partial charge in [0.25, 0.3) is 0 Å². The lowest BCUT2D eigenvalue weighted by Gasteiger charge is -2.23. The van der Waals surface area contributed by atoms with Crippen LogP contribution in [0.4, 0.5) is 11.4 Å². The molecular weight excluding hydrogens is 570 g/mol. The van der Waals surface area contributed by atoms with Crippen LogP contribution in [0, 0.1) is 5.41 Å². The van der Waals surface area contributed by atoms with E-state index in [1.54, 1.807) is 11.8 Å². The Morgan fingerprint density at radius 3 is 2.67 bits per heavy atom. The van der Waals surface area contributed by atoms with Gasteiger partial charge in [0, 0.05) is 30.8 Å². The molecule has 2 atom stereocenters. The first kappa shape index (κ1) is 32.4. The minimum Gasteiger partial charge on any atom is -0.476 e. The molecule has 0 spiro atoms. The van der Waals surface area contributed by atoms with Crippen LogP contribution in [0.5, 0.6) is 5.88 Å². The second kappa shape index (κ2) is 14.3. The quantitative estimate of drug-likeness (QED) is 0.188. The number of β-amino-alcohol motifs (C(OH)–C–C–N with tert-alkyl or cyclic N) is 1. The van der Waals surface area contributed by atoms with Gasteiger partial charge < -0.3 is 30.9 Å². The van der Waals surface area contributed by atoms with Crippen molar-refractivity contribution in [3.8, 4) is 5.88 Å². The first-order chi connectivity index (χ1) is 20.6. The number of thioether (sulfide) groups is 1. The SMILES string of the molecule is C=N/C(=C\N1CSc2nc(OCC3(NCC(O)CO)CC3)ccc21)c1ccc(N=C2CC(C(C)(C)C)ON2)cc1.NC=O. The van der Waals surface area contributed by atoms with Gasteiger partial charge in [-0.25, -0.2) is 9.98 Å². The Morgan fingerprint density at radius 1 is 1.35 bits per heavy atom. The van der Waals surface area contributed by atoms with E-state index in [2.05, 4.69) is 53.9 Å².